The molecule has 1 amide bonds. The van der Waals surface area contributed by atoms with E-state index in [1.807, 2.05) is 72.8 Å². The molecule has 0 radical (unpaired) electrons. The Kier molecular flexibility index (Phi) is 7.62. The summed E-state index contributed by atoms with van der Waals surface area (Å²) < 4.78 is 8.09. The molecule has 0 aromatic heterocycles. The van der Waals surface area contributed by atoms with E-state index in [0.717, 1.165) is 21.2 Å². The van der Waals surface area contributed by atoms with E-state index >= 15 is 0 Å². The van der Waals surface area contributed by atoms with Crippen molar-refractivity contribution in [3.8, 4) is 5.75 Å². The normalized spacial score (nSPS) is 10.8. The first-order valence-corrected chi connectivity index (χ1v) is 10.5. The molecule has 0 aliphatic heterocycles. The van der Waals surface area contributed by atoms with E-state index in [9.17, 15) is 4.79 Å². The molecule has 0 unspecified atom stereocenters. The van der Waals surface area contributed by atoms with Gasteiger partial charge in [-0.1, -0.05) is 52.3 Å². The molecule has 0 bridgehead atoms. The van der Waals surface area contributed by atoms with Gasteiger partial charge < -0.3 is 4.74 Å². The van der Waals surface area contributed by atoms with Crippen molar-refractivity contribution >= 4 is 50.6 Å². The average molecular weight is 549 g/mol. The maximum absolute atomic E-state index is 12.0. The second kappa shape index (κ2) is 10.4. The van der Waals surface area contributed by atoms with Crippen LogP contribution in [0.4, 0.5) is 0 Å². The molecule has 28 heavy (non-hydrogen) atoms. The average Bonchev–Trinajstić information content (AvgIpc) is 2.70. The Hall–Kier alpha value is -2.19. The minimum atomic E-state index is -0.170. The molecular weight excluding hydrogens is 531 g/mol. The number of amides is 1. The van der Waals surface area contributed by atoms with Crippen LogP contribution in [-0.4, -0.2) is 12.1 Å². The molecule has 0 saturated heterocycles. The molecule has 0 fully saturated rings. The van der Waals surface area contributed by atoms with E-state index < -0.39 is 0 Å². The number of benzene rings is 3. The van der Waals surface area contributed by atoms with E-state index in [1.54, 1.807) is 6.21 Å². The minimum Gasteiger partial charge on any atom is -0.488 e. The largest absolute Gasteiger partial charge is 0.488 e. The van der Waals surface area contributed by atoms with E-state index in [1.165, 1.54) is 3.57 Å². The summed E-state index contributed by atoms with van der Waals surface area (Å²) in [4.78, 5) is 12.0. The van der Waals surface area contributed by atoms with Crippen LogP contribution in [-0.2, 0) is 17.8 Å². The molecule has 6 heteroatoms. The van der Waals surface area contributed by atoms with Gasteiger partial charge in [-0.15, -0.1) is 0 Å². The number of carbonyl (C=O) groups excluding carboxylic acids is 1. The van der Waals surface area contributed by atoms with Gasteiger partial charge in [0, 0.05) is 13.6 Å². The molecule has 0 heterocycles. The minimum absolute atomic E-state index is 0.170. The van der Waals surface area contributed by atoms with Gasteiger partial charge in [-0.2, -0.15) is 5.10 Å². The van der Waals surface area contributed by atoms with Crippen molar-refractivity contribution in [3.05, 3.63) is 97.5 Å². The van der Waals surface area contributed by atoms with E-state index in [4.69, 9.17) is 4.74 Å². The van der Waals surface area contributed by atoms with Crippen LogP contribution in [0.2, 0.25) is 0 Å². The fourth-order valence-corrected chi connectivity index (χ4v) is 3.09. The van der Waals surface area contributed by atoms with Crippen molar-refractivity contribution < 1.29 is 9.53 Å². The summed E-state index contributed by atoms with van der Waals surface area (Å²) in [5.74, 6) is 0.544. The number of carbonyl (C=O) groups is 1. The van der Waals surface area contributed by atoms with Crippen molar-refractivity contribution in [3.63, 3.8) is 0 Å². The molecule has 0 atom stereocenters. The van der Waals surface area contributed by atoms with Crippen LogP contribution < -0.4 is 10.2 Å². The predicted octanol–water partition coefficient (Wildman–Crippen LogP) is 5.33. The molecule has 3 aromatic carbocycles. The fraction of sp³-hybridized carbons (Fsp3) is 0.0909. The first-order chi connectivity index (χ1) is 13.6. The quantitative estimate of drug-likeness (QED) is 0.247. The Bertz CT molecular complexity index is 957. The van der Waals surface area contributed by atoms with Gasteiger partial charge >= 0.3 is 0 Å². The van der Waals surface area contributed by atoms with Crippen molar-refractivity contribution in [1.82, 2.24) is 5.43 Å². The third kappa shape index (κ3) is 6.45. The zero-order valence-electron chi connectivity index (χ0n) is 14.9. The van der Waals surface area contributed by atoms with Crippen LogP contribution in [0.5, 0.6) is 5.75 Å². The molecule has 0 saturated carbocycles. The van der Waals surface area contributed by atoms with Crippen LogP contribution in [0, 0.1) is 3.57 Å². The zero-order chi connectivity index (χ0) is 19.8. The lowest BCUT2D eigenvalue weighted by Crippen LogP contribution is -2.19. The summed E-state index contributed by atoms with van der Waals surface area (Å²) in [5.41, 5.74) is 5.39. The highest BCUT2D eigenvalue weighted by atomic mass is 127. The molecule has 4 nitrogen and oxygen atoms in total. The number of nitrogens with one attached hydrogen (secondary N) is 1. The Morgan fingerprint density at radius 2 is 1.68 bits per heavy atom. The Morgan fingerprint density at radius 1 is 1.00 bits per heavy atom. The fourth-order valence-electron chi connectivity index (χ4n) is 2.46. The van der Waals surface area contributed by atoms with Gasteiger partial charge in [-0.3, -0.25) is 4.79 Å². The number of hydrazone groups is 1. The molecule has 142 valence electrons. The number of para-hydroxylation sites is 1. The second-order valence-corrected chi connectivity index (χ2v) is 8.21. The highest BCUT2D eigenvalue weighted by Gasteiger charge is 2.04. The van der Waals surface area contributed by atoms with Crippen molar-refractivity contribution in [2.24, 2.45) is 5.10 Å². The molecule has 0 spiro atoms. The summed E-state index contributed by atoms with van der Waals surface area (Å²) in [7, 11) is 0. The van der Waals surface area contributed by atoms with Gasteiger partial charge in [0.15, 0.2) is 0 Å². The lowest BCUT2D eigenvalue weighted by molar-refractivity contribution is -0.120. The topological polar surface area (TPSA) is 50.7 Å². The Morgan fingerprint density at radius 3 is 2.43 bits per heavy atom. The lowest BCUT2D eigenvalue weighted by atomic mass is 10.1. The number of nitrogens with zero attached hydrogens (tertiary/aromatic N) is 1. The maximum Gasteiger partial charge on any atom is 0.244 e. The van der Waals surface area contributed by atoms with Gasteiger partial charge in [-0.25, -0.2) is 5.43 Å². The van der Waals surface area contributed by atoms with Crippen LogP contribution in [0.25, 0.3) is 0 Å². The first-order valence-electron chi connectivity index (χ1n) is 8.63. The maximum atomic E-state index is 12.0. The van der Waals surface area contributed by atoms with Gasteiger partial charge in [-0.05, 0) is 70.1 Å². The summed E-state index contributed by atoms with van der Waals surface area (Å²) in [6.07, 6.45) is 1.87. The highest BCUT2D eigenvalue weighted by molar-refractivity contribution is 14.1. The van der Waals surface area contributed by atoms with Gasteiger partial charge in [0.05, 0.1) is 12.6 Å². The summed E-state index contributed by atoms with van der Waals surface area (Å²) in [5, 5.41) is 4.07. The predicted molar refractivity (Wildman–Crippen MR) is 124 cm³/mol. The smallest absolute Gasteiger partial charge is 0.244 e. The van der Waals surface area contributed by atoms with Crippen LogP contribution in [0.3, 0.4) is 0 Å². The number of ether oxygens (including phenoxy) is 1. The SMILES string of the molecule is O=C(Cc1ccc(Br)cc1)N/N=C\c1ccccc1OCc1ccc(I)cc1. The number of rotatable bonds is 7. The Balaban J connectivity index is 1.56. The third-order valence-corrected chi connectivity index (χ3v) is 5.15. The lowest BCUT2D eigenvalue weighted by Gasteiger charge is -2.09. The van der Waals surface area contributed by atoms with Crippen molar-refractivity contribution in [2.75, 3.05) is 0 Å². The summed E-state index contributed by atoms with van der Waals surface area (Å²) in [6.45, 7) is 0.470. The molecule has 3 rings (SSSR count). The van der Waals surface area contributed by atoms with Crippen molar-refractivity contribution in [2.45, 2.75) is 13.0 Å². The van der Waals surface area contributed by atoms with E-state index in [2.05, 4.69) is 49.0 Å². The first kappa shape index (κ1) is 20.5. The van der Waals surface area contributed by atoms with Gasteiger partial charge in [0.2, 0.25) is 5.91 Å². The molecule has 3 aromatic rings. The third-order valence-electron chi connectivity index (χ3n) is 3.90. The van der Waals surface area contributed by atoms with E-state index in [0.29, 0.717) is 12.4 Å². The molecule has 1 N–H and O–H groups in total. The van der Waals surface area contributed by atoms with Crippen LogP contribution in [0.15, 0.2) is 82.4 Å². The number of halogens is 2. The summed E-state index contributed by atoms with van der Waals surface area (Å²) >= 11 is 5.66. The van der Waals surface area contributed by atoms with Crippen LogP contribution in [0.1, 0.15) is 16.7 Å². The van der Waals surface area contributed by atoms with Gasteiger partial charge in [0.25, 0.3) is 0 Å². The molecular formula is C22H18BrIN2O2. The second-order valence-electron chi connectivity index (χ2n) is 6.05. The Labute approximate surface area is 186 Å². The van der Waals surface area contributed by atoms with E-state index in [-0.39, 0.29) is 12.3 Å². The standard InChI is InChI=1S/C22H18BrIN2O2/c23-19-9-5-16(6-10-19)13-22(27)26-25-14-18-3-1-2-4-21(18)28-15-17-7-11-20(24)12-8-17/h1-12,14H,13,15H2,(H,26,27)/b25-14-. The molecule has 0 aliphatic rings. The monoisotopic (exact) mass is 548 g/mol. The zero-order valence-corrected chi connectivity index (χ0v) is 18.7. The molecule has 0 aliphatic carbocycles. The van der Waals surface area contributed by atoms with Crippen LogP contribution >= 0.6 is 38.5 Å². The highest BCUT2D eigenvalue weighted by Crippen LogP contribution is 2.18. The van der Waals surface area contributed by atoms with Gasteiger partial charge in [0.1, 0.15) is 12.4 Å². The summed E-state index contributed by atoms with van der Waals surface area (Å²) in [6, 6.07) is 23.4. The van der Waals surface area contributed by atoms with Crippen molar-refractivity contribution in [1.29, 1.82) is 0 Å². The number of hydrogen-bond acceptors (Lipinski definition) is 3. The number of hydrogen-bond donors (Lipinski definition) is 1.